The fourth-order valence-corrected chi connectivity index (χ4v) is 4.33. The maximum atomic E-state index is 12.6. The molecule has 3 atom stereocenters. The average molecular weight is 383 g/mol. The first-order valence-electron chi connectivity index (χ1n) is 9.66. The number of amides is 1. The zero-order valence-electron chi connectivity index (χ0n) is 16.2. The Morgan fingerprint density at radius 1 is 1.14 bits per heavy atom. The molecule has 2 fully saturated rings. The molecule has 7 nitrogen and oxygen atoms in total. The average Bonchev–Trinajstić information content (AvgIpc) is 3.36. The van der Waals surface area contributed by atoms with Gasteiger partial charge in [0.05, 0.1) is 12.7 Å². The lowest BCUT2D eigenvalue weighted by Crippen LogP contribution is -2.34. The standard InChI is InChI=1S/C21H25N3O4/c1-13-3-4-15(7-14(13)2)12-28-18-8-16-10-23(11-17(16)9-18)21(27)24-6-5-19(22-24)20(25)26/h3-7,16-18H,8-12H2,1-2H3,(H,25,26)/t16-,17+,18+. The lowest BCUT2D eigenvalue weighted by Gasteiger charge is -2.19. The third-order valence-electron chi connectivity index (χ3n) is 6.04. The molecule has 7 heteroatoms. The maximum absolute atomic E-state index is 12.6. The van der Waals surface area contributed by atoms with Crippen LogP contribution in [-0.2, 0) is 11.3 Å². The van der Waals surface area contributed by atoms with E-state index in [9.17, 15) is 9.59 Å². The van der Waals surface area contributed by atoms with Crippen molar-refractivity contribution in [3.8, 4) is 0 Å². The summed E-state index contributed by atoms with van der Waals surface area (Å²) in [6, 6.07) is 7.52. The minimum absolute atomic E-state index is 0.118. The molecule has 1 saturated heterocycles. The van der Waals surface area contributed by atoms with Gasteiger partial charge in [-0.1, -0.05) is 18.2 Å². The summed E-state index contributed by atoms with van der Waals surface area (Å²) in [5.74, 6) is -0.264. The van der Waals surface area contributed by atoms with Crippen LogP contribution in [0.25, 0.3) is 0 Å². The molecular weight excluding hydrogens is 358 g/mol. The summed E-state index contributed by atoms with van der Waals surface area (Å²) >= 11 is 0. The second-order valence-electron chi connectivity index (χ2n) is 7.98. The van der Waals surface area contributed by atoms with Gasteiger partial charge in [-0.3, -0.25) is 0 Å². The zero-order valence-corrected chi connectivity index (χ0v) is 16.2. The molecule has 148 valence electrons. The molecule has 1 aliphatic carbocycles. The molecule has 2 aromatic rings. The number of aryl methyl sites for hydroxylation is 2. The third-order valence-corrected chi connectivity index (χ3v) is 6.04. The van der Waals surface area contributed by atoms with Gasteiger partial charge >= 0.3 is 12.0 Å². The molecule has 0 radical (unpaired) electrons. The van der Waals surface area contributed by atoms with Crippen molar-refractivity contribution in [2.75, 3.05) is 13.1 Å². The summed E-state index contributed by atoms with van der Waals surface area (Å²) in [7, 11) is 0. The first-order valence-corrected chi connectivity index (χ1v) is 9.66. The Kier molecular flexibility index (Phi) is 4.93. The van der Waals surface area contributed by atoms with Crippen molar-refractivity contribution in [1.29, 1.82) is 0 Å². The van der Waals surface area contributed by atoms with Gasteiger partial charge in [0.1, 0.15) is 0 Å². The van der Waals surface area contributed by atoms with Crippen molar-refractivity contribution in [2.24, 2.45) is 11.8 Å². The number of aromatic nitrogens is 2. The Balaban J connectivity index is 1.29. The molecule has 0 bridgehead atoms. The highest BCUT2D eigenvalue weighted by Crippen LogP contribution is 2.39. The van der Waals surface area contributed by atoms with Gasteiger partial charge in [-0.25, -0.2) is 9.59 Å². The highest BCUT2D eigenvalue weighted by molar-refractivity contribution is 5.86. The van der Waals surface area contributed by atoms with Crippen molar-refractivity contribution < 1.29 is 19.4 Å². The number of aromatic carboxylic acids is 1. The molecule has 1 N–H and O–H groups in total. The molecule has 1 aromatic carbocycles. The summed E-state index contributed by atoms with van der Waals surface area (Å²) in [6.07, 6.45) is 3.56. The number of benzene rings is 1. The van der Waals surface area contributed by atoms with Gasteiger partial charge in [-0.15, -0.1) is 0 Å². The summed E-state index contributed by atoms with van der Waals surface area (Å²) in [5, 5.41) is 12.8. The van der Waals surface area contributed by atoms with Crippen LogP contribution in [0.4, 0.5) is 4.79 Å². The van der Waals surface area contributed by atoms with Gasteiger partial charge in [0.25, 0.3) is 0 Å². The lowest BCUT2D eigenvalue weighted by atomic mass is 10.0. The number of carbonyl (C=O) groups is 2. The first kappa shape index (κ1) is 18.7. The third kappa shape index (κ3) is 3.67. The van der Waals surface area contributed by atoms with Crippen LogP contribution in [0, 0.1) is 25.7 Å². The topological polar surface area (TPSA) is 84.7 Å². The fraction of sp³-hybridized carbons (Fsp3) is 0.476. The number of hydrogen-bond donors (Lipinski definition) is 1. The van der Waals surface area contributed by atoms with Crippen molar-refractivity contribution in [3.63, 3.8) is 0 Å². The molecule has 2 aliphatic rings. The van der Waals surface area contributed by atoms with Crippen LogP contribution >= 0.6 is 0 Å². The Morgan fingerprint density at radius 2 is 1.86 bits per heavy atom. The Morgan fingerprint density at radius 3 is 2.46 bits per heavy atom. The van der Waals surface area contributed by atoms with E-state index in [1.165, 1.54) is 29.0 Å². The number of carboxylic acid groups (broad SMARTS) is 1. The number of ether oxygens (including phenoxy) is 1. The summed E-state index contributed by atoms with van der Waals surface area (Å²) in [6.45, 7) is 6.20. The molecule has 0 unspecified atom stereocenters. The van der Waals surface area contributed by atoms with Gasteiger partial charge in [0.15, 0.2) is 5.69 Å². The number of rotatable bonds is 4. The van der Waals surface area contributed by atoms with Crippen molar-refractivity contribution in [2.45, 2.75) is 39.4 Å². The van der Waals surface area contributed by atoms with Crippen LogP contribution < -0.4 is 0 Å². The quantitative estimate of drug-likeness (QED) is 0.877. The molecule has 28 heavy (non-hydrogen) atoms. The van der Waals surface area contributed by atoms with E-state index >= 15 is 0 Å². The highest BCUT2D eigenvalue weighted by atomic mass is 16.5. The van der Waals surface area contributed by atoms with E-state index < -0.39 is 5.97 Å². The molecule has 1 aliphatic heterocycles. The Hall–Kier alpha value is -2.67. The highest BCUT2D eigenvalue weighted by Gasteiger charge is 2.43. The maximum Gasteiger partial charge on any atom is 0.356 e. The Bertz CT molecular complexity index is 893. The number of nitrogens with zero attached hydrogens (tertiary/aromatic N) is 3. The molecule has 0 spiro atoms. The van der Waals surface area contributed by atoms with E-state index in [2.05, 4.69) is 37.1 Å². The number of fused-ring (bicyclic) bond motifs is 1. The van der Waals surface area contributed by atoms with Gasteiger partial charge in [-0.05, 0) is 61.3 Å². The van der Waals surface area contributed by atoms with Crippen LogP contribution in [0.15, 0.2) is 30.5 Å². The normalized spacial score (nSPS) is 23.8. The molecule has 1 aromatic heterocycles. The van der Waals surface area contributed by atoms with Crippen LogP contribution in [0.1, 0.15) is 40.0 Å². The number of carbonyl (C=O) groups excluding carboxylic acids is 1. The monoisotopic (exact) mass is 383 g/mol. The van der Waals surface area contributed by atoms with Crippen molar-refractivity contribution in [3.05, 3.63) is 52.8 Å². The molecule has 4 rings (SSSR count). The van der Waals surface area contributed by atoms with Crippen LogP contribution in [-0.4, -0.2) is 51.0 Å². The summed E-state index contributed by atoms with van der Waals surface area (Å²) < 4.78 is 7.27. The van der Waals surface area contributed by atoms with Crippen LogP contribution in [0.5, 0.6) is 0 Å². The van der Waals surface area contributed by atoms with Crippen LogP contribution in [0.3, 0.4) is 0 Å². The fourth-order valence-electron chi connectivity index (χ4n) is 4.33. The molecule has 1 amide bonds. The number of hydrogen-bond acceptors (Lipinski definition) is 4. The van der Waals surface area contributed by atoms with Crippen LogP contribution in [0.2, 0.25) is 0 Å². The van der Waals surface area contributed by atoms with E-state index in [0.717, 1.165) is 17.5 Å². The van der Waals surface area contributed by atoms with Gasteiger partial charge in [0, 0.05) is 19.3 Å². The van der Waals surface area contributed by atoms with Crippen molar-refractivity contribution >= 4 is 12.0 Å². The van der Waals surface area contributed by atoms with Gasteiger partial charge < -0.3 is 14.7 Å². The SMILES string of the molecule is Cc1ccc(CO[C@H]2C[C@@H]3CN(C(=O)n4ccc(C(=O)O)n4)C[C@@H]3C2)cc1C. The number of carboxylic acids is 1. The van der Waals surface area contributed by atoms with Crippen molar-refractivity contribution in [1.82, 2.24) is 14.7 Å². The molecule has 1 saturated carbocycles. The summed E-state index contributed by atoms with van der Waals surface area (Å²) in [5.41, 5.74) is 3.65. The van der Waals surface area contributed by atoms with E-state index in [4.69, 9.17) is 9.84 Å². The minimum Gasteiger partial charge on any atom is -0.476 e. The zero-order chi connectivity index (χ0) is 19.8. The summed E-state index contributed by atoms with van der Waals surface area (Å²) in [4.78, 5) is 25.3. The second-order valence-corrected chi connectivity index (χ2v) is 7.98. The van der Waals surface area contributed by atoms with E-state index in [1.807, 2.05) is 0 Å². The van der Waals surface area contributed by atoms with E-state index in [-0.39, 0.29) is 17.8 Å². The molecular formula is C21H25N3O4. The molecule has 2 heterocycles. The Labute approximate surface area is 163 Å². The minimum atomic E-state index is -1.13. The predicted molar refractivity (Wildman–Crippen MR) is 102 cm³/mol. The smallest absolute Gasteiger partial charge is 0.356 e. The number of likely N-dealkylation sites (tertiary alicyclic amines) is 1. The van der Waals surface area contributed by atoms with Gasteiger partial charge in [-0.2, -0.15) is 9.78 Å². The van der Waals surface area contributed by atoms with Gasteiger partial charge in [0.2, 0.25) is 0 Å². The lowest BCUT2D eigenvalue weighted by molar-refractivity contribution is 0.0383. The van der Waals surface area contributed by atoms with E-state index in [0.29, 0.717) is 31.5 Å². The predicted octanol–water partition coefficient (Wildman–Crippen LogP) is 3.09. The second kappa shape index (κ2) is 7.39. The largest absolute Gasteiger partial charge is 0.476 e. The first-order chi connectivity index (χ1) is 13.4. The van der Waals surface area contributed by atoms with E-state index in [1.54, 1.807) is 4.90 Å².